The number of amides is 1. The van der Waals surface area contributed by atoms with Crippen LogP contribution in [-0.2, 0) is 4.79 Å². The molecule has 0 aromatic carbocycles. The molecule has 16 heavy (non-hydrogen) atoms. The molecule has 2 aliphatic rings. The molecule has 2 N–H and O–H groups in total. The van der Waals surface area contributed by atoms with E-state index in [1.807, 2.05) is 0 Å². The normalized spacial score (nSPS) is 24.6. The number of nitrogens with one attached hydrogen (secondary N) is 2. The first-order chi connectivity index (χ1) is 7.34. The van der Waals surface area contributed by atoms with E-state index < -0.39 is 0 Å². The molecule has 3 nitrogen and oxygen atoms in total. The zero-order valence-corrected chi connectivity index (χ0v) is 10.7. The third-order valence-corrected chi connectivity index (χ3v) is 3.71. The molecular weight excluding hydrogens is 224 g/mol. The molecular formula is C12H23ClN2O. The second-order valence-corrected chi connectivity index (χ2v) is 4.93. The van der Waals surface area contributed by atoms with Crippen LogP contribution in [0.25, 0.3) is 0 Å². The molecule has 1 aliphatic carbocycles. The summed E-state index contributed by atoms with van der Waals surface area (Å²) in [4.78, 5) is 11.5. The quantitative estimate of drug-likeness (QED) is 0.778. The van der Waals surface area contributed by atoms with Crippen LogP contribution in [0.1, 0.15) is 44.9 Å². The van der Waals surface area contributed by atoms with Crippen LogP contribution < -0.4 is 10.6 Å². The highest BCUT2D eigenvalue weighted by atomic mass is 35.5. The van der Waals surface area contributed by atoms with Gasteiger partial charge >= 0.3 is 0 Å². The van der Waals surface area contributed by atoms with Crippen molar-refractivity contribution >= 4 is 18.3 Å². The van der Waals surface area contributed by atoms with Crippen molar-refractivity contribution in [1.29, 1.82) is 0 Å². The molecule has 0 spiro atoms. The van der Waals surface area contributed by atoms with E-state index in [1.165, 1.54) is 32.1 Å². The highest BCUT2D eigenvalue weighted by Crippen LogP contribution is 2.30. The van der Waals surface area contributed by atoms with Crippen molar-refractivity contribution in [3.8, 4) is 0 Å². The van der Waals surface area contributed by atoms with Gasteiger partial charge in [-0.3, -0.25) is 4.79 Å². The molecule has 4 heteroatoms. The van der Waals surface area contributed by atoms with Crippen molar-refractivity contribution in [1.82, 2.24) is 10.6 Å². The maximum atomic E-state index is 11.5. The molecule has 2 rings (SSSR count). The molecule has 0 aromatic rings. The molecule has 94 valence electrons. The Labute approximate surface area is 104 Å². The van der Waals surface area contributed by atoms with Crippen LogP contribution in [0.4, 0.5) is 0 Å². The molecule has 0 bridgehead atoms. The Morgan fingerprint density at radius 2 is 2.06 bits per heavy atom. The van der Waals surface area contributed by atoms with Crippen LogP contribution in [-0.4, -0.2) is 25.0 Å². The fourth-order valence-corrected chi connectivity index (χ4v) is 2.37. The van der Waals surface area contributed by atoms with Crippen LogP contribution >= 0.6 is 12.4 Å². The van der Waals surface area contributed by atoms with Gasteiger partial charge in [0.05, 0.1) is 0 Å². The van der Waals surface area contributed by atoms with E-state index >= 15 is 0 Å². The van der Waals surface area contributed by atoms with Gasteiger partial charge in [-0.25, -0.2) is 0 Å². The second-order valence-electron chi connectivity index (χ2n) is 4.93. The maximum absolute atomic E-state index is 11.5. The SMILES string of the molecule is Cl.O=C(CCC1CCC1)NCC1CCCN1. The molecule has 1 saturated heterocycles. The van der Waals surface area contributed by atoms with Crippen molar-refractivity contribution < 1.29 is 4.79 Å². The summed E-state index contributed by atoms with van der Waals surface area (Å²) in [6.45, 7) is 1.94. The monoisotopic (exact) mass is 246 g/mol. The van der Waals surface area contributed by atoms with Gasteiger partial charge in [0.2, 0.25) is 5.91 Å². The van der Waals surface area contributed by atoms with E-state index in [-0.39, 0.29) is 18.3 Å². The summed E-state index contributed by atoms with van der Waals surface area (Å²) in [6, 6.07) is 0.526. The number of halogens is 1. The Morgan fingerprint density at radius 1 is 1.25 bits per heavy atom. The third-order valence-electron chi connectivity index (χ3n) is 3.71. The summed E-state index contributed by atoms with van der Waals surface area (Å²) in [5.74, 6) is 1.09. The summed E-state index contributed by atoms with van der Waals surface area (Å²) >= 11 is 0. The highest BCUT2D eigenvalue weighted by Gasteiger charge is 2.19. The van der Waals surface area contributed by atoms with Gasteiger partial charge in [0.1, 0.15) is 0 Å². The van der Waals surface area contributed by atoms with Crippen molar-refractivity contribution in [2.24, 2.45) is 5.92 Å². The predicted octanol–water partition coefficient (Wildman–Crippen LogP) is 1.86. The van der Waals surface area contributed by atoms with E-state index in [0.29, 0.717) is 6.04 Å². The Bertz CT molecular complexity index is 213. The van der Waals surface area contributed by atoms with E-state index in [2.05, 4.69) is 10.6 Å². The minimum Gasteiger partial charge on any atom is -0.355 e. The van der Waals surface area contributed by atoms with E-state index in [1.54, 1.807) is 0 Å². The molecule has 1 aliphatic heterocycles. The fraction of sp³-hybridized carbons (Fsp3) is 0.917. The molecule has 2 fully saturated rings. The number of carbonyl (C=O) groups excluding carboxylic acids is 1. The van der Waals surface area contributed by atoms with Crippen molar-refractivity contribution in [2.75, 3.05) is 13.1 Å². The standard InChI is InChI=1S/C12H22N2O.ClH/c15-12(7-6-10-3-1-4-10)14-9-11-5-2-8-13-11;/h10-11,13H,1-9H2,(H,14,15);1H. The van der Waals surface area contributed by atoms with Gasteiger partial charge in [0, 0.05) is 19.0 Å². The highest BCUT2D eigenvalue weighted by molar-refractivity contribution is 5.85. The number of rotatable bonds is 5. The third kappa shape index (κ3) is 4.30. The first-order valence-corrected chi connectivity index (χ1v) is 6.34. The number of hydrogen-bond acceptors (Lipinski definition) is 2. The Balaban J connectivity index is 0.00000128. The zero-order chi connectivity index (χ0) is 10.5. The lowest BCUT2D eigenvalue weighted by molar-refractivity contribution is -0.121. The number of hydrogen-bond donors (Lipinski definition) is 2. The van der Waals surface area contributed by atoms with Gasteiger partial charge in [0.25, 0.3) is 0 Å². The van der Waals surface area contributed by atoms with E-state index in [9.17, 15) is 4.79 Å². The van der Waals surface area contributed by atoms with Crippen molar-refractivity contribution in [3.63, 3.8) is 0 Å². The topological polar surface area (TPSA) is 41.1 Å². The van der Waals surface area contributed by atoms with Crippen molar-refractivity contribution in [3.05, 3.63) is 0 Å². The Hall–Kier alpha value is -0.280. The predicted molar refractivity (Wildman–Crippen MR) is 67.9 cm³/mol. The molecule has 1 atom stereocenters. The van der Waals surface area contributed by atoms with Crippen LogP contribution in [0.2, 0.25) is 0 Å². The van der Waals surface area contributed by atoms with Gasteiger partial charge in [0.15, 0.2) is 0 Å². The summed E-state index contributed by atoms with van der Waals surface area (Å²) in [5.41, 5.74) is 0. The smallest absolute Gasteiger partial charge is 0.220 e. The largest absolute Gasteiger partial charge is 0.355 e. The first-order valence-electron chi connectivity index (χ1n) is 6.34. The molecule has 1 amide bonds. The summed E-state index contributed by atoms with van der Waals surface area (Å²) in [5, 5.41) is 6.41. The lowest BCUT2D eigenvalue weighted by atomic mass is 9.82. The van der Waals surface area contributed by atoms with Crippen LogP contribution in [0.15, 0.2) is 0 Å². The van der Waals surface area contributed by atoms with Crippen LogP contribution in [0, 0.1) is 5.92 Å². The lowest BCUT2D eigenvalue weighted by Crippen LogP contribution is -2.37. The molecule has 1 unspecified atom stereocenters. The maximum Gasteiger partial charge on any atom is 0.220 e. The van der Waals surface area contributed by atoms with Gasteiger partial charge in [-0.2, -0.15) is 0 Å². The van der Waals surface area contributed by atoms with Gasteiger partial charge < -0.3 is 10.6 Å². The average Bonchev–Trinajstić information content (AvgIpc) is 2.64. The first kappa shape index (κ1) is 13.8. The van der Waals surface area contributed by atoms with Crippen LogP contribution in [0.5, 0.6) is 0 Å². The minimum absolute atomic E-state index is 0. The Morgan fingerprint density at radius 3 is 2.62 bits per heavy atom. The van der Waals surface area contributed by atoms with Crippen molar-refractivity contribution in [2.45, 2.75) is 51.0 Å². The van der Waals surface area contributed by atoms with Gasteiger partial charge in [-0.15, -0.1) is 12.4 Å². The molecule has 1 saturated carbocycles. The summed E-state index contributed by atoms with van der Waals surface area (Å²) < 4.78 is 0. The lowest BCUT2D eigenvalue weighted by Gasteiger charge is -2.24. The Kier molecular flexibility index (Phi) is 6.14. The number of carbonyl (C=O) groups is 1. The summed E-state index contributed by atoms with van der Waals surface area (Å²) in [6.07, 6.45) is 8.36. The molecule has 0 aromatic heterocycles. The van der Waals surface area contributed by atoms with E-state index in [0.717, 1.165) is 31.8 Å². The van der Waals surface area contributed by atoms with E-state index in [4.69, 9.17) is 0 Å². The fourth-order valence-electron chi connectivity index (χ4n) is 2.37. The average molecular weight is 247 g/mol. The zero-order valence-electron chi connectivity index (χ0n) is 9.84. The van der Waals surface area contributed by atoms with Gasteiger partial charge in [-0.1, -0.05) is 19.3 Å². The minimum atomic E-state index is 0. The second kappa shape index (κ2) is 7.13. The molecule has 1 heterocycles. The summed E-state index contributed by atoms with van der Waals surface area (Å²) in [7, 11) is 0. The van der Waals surface area contributed by atoms with Gasteiger partial charge in [-0.05, 0) is 31.7 Å². The van der Waals surface area contributed by atoms with Crippen LogP contribution in [0.3, 0.4) is 0 Å². The molecule has 0 radical (unpaired) electrons.